The third-order valence-electron chi connectivity index (χ3n) is 2.69. The highest BCUT2D eigenvalue weighted by atomic mass is 32.1. The maximum atomic E-state index is 8.99. The Balaban J connectivity index is 2.06. The molecule has 3 aromatic heterocycles. The van der Waals surface area contributed by atoms with Gasteiger partial charge in [-0.15, -0.1) is 11.3 Å². The standard InChI is InChI=1S/C13H8N4OS/c1-8-2-4-15-7-10(8)12-16-13(18-17-12)11-9(6-14)3-5-19-11/h2-5,7H,1H3. The molecule has 92 valence electrons. The summed E-state index contributed by atoms with van der Waals surface area (Å²) in [6, 6.07) is 5.73. The third-order valence-corrected chi connectivity index (χ3v) is 3.59. The summed E-state index contributed by atoms with van der Waals surface area (Å²) >= 11 is 1.41. The van der Waals surface area contributed by atoms with Crippen molar-refractivity contribution >= 4 is 11.3 Å². The zero-order valence-corrected chi connectivity index (χ0v) is 10.8. The highest BCUT2D eigenvalue weighted by Gasteiger charge is 2.16. The minimum Gasteiger partial charge on any atom is -0.333 e. The lowest BCUT2D eigenvalue weighted by molar-refractivity contribution is 0.433. The van der Waals surface area contributed by atoms with Gasteiger partial charge in [0, 0.05) is 18.0 Å². The van der Waals surface area contributed by atoms with Crippen LogP contribution in [-0.4, -0.2) is 15.1 Å². The van der Waals surface area contributed by atoms with Gasteiger partial charge >= 0.3 is 0 Å². The normalized spacial score (nSPS) is 10.3. The van der Waals surface area contributed by atoms with Crippen LogP contribution >= 0.6 is 11.3 Å². The molecule has 0 atom stereocenters. The van der Waals surface area contributed by atoms with E-state index < -0.39 is 0 Å². The molecule has 6 heteroatoms. The molecule has 3 aromatic rings. The maximum Gasteiger partial charge on any atom is 0.269 e. The van der Waals surface area contributed by atoms with Gasteiger partial charge in [0.1, 0.15) is 10.9 Å². The summed E-state index contributed by atoms with van der Waals surface area (Å²) in [5, 5.41) is 14.8. The topological polar surface area (TPSA) is 75.6 Å². The van der Waals surface area contributed by atoms with Crippen LogP contribution in [0.5, 0.6) is 0 Å². The molecule has 0 radical (unpaired) electrons. The van der Waals surface area contributed by atoms with Crippen LogP contribution < -0.4 is 0 Å². The van der Waals surface area contributed by atoms with Crippen molar-refractivity contribution in [3.05, 3.63) is 41.0 Å². The Kier molecular flexibility index (Phi) is 2.82. The lowest BCUT2D eigenvalue weighted by atomic mass is 10.1. The minimum atomic E-state index is 0.366. The predicted molar refractivity (Wildman–Crippen MR) is 70.3 cm³/mol. The lowest BCUT2D eigenvalue weighted by Gasteiger charge is -1.97. The Morgan fingerprint density at radius 1 is 1.37 bits per heavy atom. The van der Waals surface area contributed by atoms with Gasteiger partial charge in [-0.25, -0.2) is 0 Å². The first-order valence-electron chi connectivity index (χ1n) is 5.52. The number of thiophene rings is 1. The summed E-state index contributed by atoms with van der Waals surface area (Å²) in [7, 11) is 0. The Labute approximate surface area is 113 Å². The van der Waals surface area contributed by atoms with Crippen LogP contribution in [0.4, 0.5) is 0 Å². The smallest absolute Gasteiger partial charge is 0.269 e. The zero-order valence-electron chi connectivity index (χ0n) is 9.99. The largest absolute Gasteiger partial charge is 0.333 e. The van der Waals surface area contributed by atoms with Gasteiger partial charge in [-0.1, -0.05) is 5.16 Å². The summed E-state index contributed by atoms with van der Waals surface area (Å²) in [6.07, 6.45) is 3.41. The second-order valence-corrected chi connectivity index (χ2v) is 4.81. The number of nitrogens with zero attached hydrogens (tertiary/aromatic N) is 4. The van der Waals surface area contributed by atoms with E-state index in [2.05, 4.69) is 21.2 Å². The maximum absolute atomic E-state index is 8.99. The quantitative estimate of drug-likeness (QED) is 0.714. The minimum absolute atomic E-state index is 0.366. The lowest BCUT2D eigenvalue weighted by Crippen LogP contribution is -1.86. The number of aromatic nitrogens is 3. The van der Waals surface area contributed by atoms with Crippen LogP contribution in [0.25, 0.3) is 22.2 Å². The summed E-state index contributed by atoms with van der Waals surface area (Å²) in [4.78, 5) is 9.09. The summed E-state index contributed by atoms with van der Waals surface area (Å²) < 4.78 is 5.23. The van der Waals surface area contributed by atoms with Gasteiger partial charge in [-0.3, -0.25) is 4.98 Å². The molecule has 3 heterocycles. The van der Waals surface area contributed by atoms with E-state index in [1.165, 1.54) is 11.3 Å². The van der Waals surface area contributed by atoms with Crippen molar-refractivity contribution in [2.24, 2.45) is 0 Å². The molecule has 5 nitrogen and oxygen atoms in total. The third kappa shape index (κ3) is 2.00. The van der Waals surface area contributed by atoms with E-state index in [0.29, 0.717) is 22.2 Å². The van der Waals surface area contributed by atoms with Crippen molar-refractivity contribution in [2.45, 2.75) is 6.92 Å². The molecule has 0 aliphatic rings. The van der Waals surface area contributed by atoms with Crippen LogP contribution in [0.3, 0.4) is 0 Å². The molecule has 0 amide bonds. The van der Waals surface area contributed by atoms with E-state index in [4.69, 9.17) is 9.78 Å². The monoisotopic (exact) mass is 268 g/mol. The van der Waals surface area contributed by atoms with Crippen LogP contribution in [0.15, 0.2) is 34.4 Å². The molecule has 0 aliphatic heterocycles. The van der Waals surface area contributed by atoms with Gasteiger partial charge in [0.2, 0.25) is 5.82 Å². The molecule has 0 spiro atoms. The van der Waals surface area contributed by atoms with E-state index in [9.17, 15) is 0 Å². The summed E-state index contributed by atoms with van der Waals surface area (Å²) in [6.45, 7) is 1.96. The molecule has 3 rings (SSSR count). The van der Waals surface area contributed by atoms with Gasteiger partial charge in [0.25, 0.3) is 5.89 Å². The summed E-state index contributed by atoms with van der Waals surface area (Å²) in [5.74, 6) is 0.850. The highest BCUT2D eigenvalue weighted by molar-refractivity contribution is 7.13. The van der Waals surface area contributed by atoms with Crippen LogP contribution in [-0.2, 0) is 0 Å². The molecule has 19 heavy (non-hydrogen) atoms. The second kappa shape index (κ2) is 4.63. The fourth-order valence-electron chi connectivity index (χ4n) is 1.69. The first kappa shape index (κ1) is 11.6. The van der Waals surface area contributed by atoms with Crippen molar-refractivity contribution < 1.29 is 4.52 Å². The first-order chi connectivity index (χ1) is 9.29. The molecule has 0 N–H and O–H groups in total. The number of rotatable bonds is 2. The molecular weight excluding hydrogens is 260 g/mol. The van der Waals surface area contributed by atoms with Crippen molar-refractivity contribution in [1.82, 2.24) is 15.1 Å². The van der Waals surface area contributed by atoms with Crippen molar-refractivity contribution in [3.63, 3.8) is 0 Å². The number of hydrogen-bond acceptors (Lipinski definition) is 6. The van der Waals surface area contributed by atoms with E-state index in [-0.39, 0.29) is 0 Å². The Morgan fingerprint density at radius 3 is 3.05 bits per heavy atom. The van der Waals surface area contributed by atoms with Crippen LogP contribution in [0, 0.1) is 18.3 Å². The van der Waals surface area contributed by atoms with E-state index in [0.717, 1.165) is 11.1 Å². The van der Waals surface area contributed by atoms with Gasteiger partial charge in [0.05, 0.1) is 5.56 Å². The van der Waals surface area contributed by atoms with Crippen molar-refractivity contribution in [1.29, 1.82) is 5.26 Å². The van der Waals surface area contributed by atoms with Gasteiger partial charge in [0.15, 0.2) is 0 Å². The number of hydrogen-bond donors (Lipinski definition) is 0. The molecule has 0 fully saturated rings. The first-order valence-corrected chi connectivity index (χ1v) is 6.40. The number of nitriles is 1. The average molecular weight is 268 g/mol. The molecule has 0 bridgehead atoms. The molecule has 0 aromatic carbocycles. The zero-order chi connectivity index (χ0) is 13.2. The van der Waals surface area contributed by atoms with Crippen LogP contribution in [0.1, 0.15) is 11.1 Å². The molecule has 0 saturated carbocycles. The fourth-order valence-corrected chi connectivity index (χ4v) is 2.45. The highest BCUT2D eigenvalue weighted by Crippen LogP contribution is 2.29. The van der Waals surface area contributed by atoms with Gasteiger partial charge in [-0.2, -0.15) is 10.2 Å². The fraction of sp³-hybridized carbons (Fsp3) is 0.0769. The predicted octanol–water partition coefficient (Wildman–Crippen LogP) is 3.04. The van der Waals surface area contributed by atoms with Gasteiger partial charge in [-0.05, 0) is 30.0 Å². The average Bonchev–Trinajstić information content (AvgIpc) is 3.07. The SMILES string of the molecule is Cc1ccncc1-c1noc(-c2sccc2C#N)n1. The van der Waals surface area contributed by atoms with E-state index in [1.54, 1.807) is 18.5 Å². The van der Waals surface area contributed by atoms with E-state index >= 15 is 0 Å². The van der Waals surface area contributed by atoms with Crippen molar-refractivity contribution in [2.75, 3.05) is 0 Å². The Bertz CT molecular complexity index is 752. The second-order valence-electron chi connectivity index (χ2n) is 3.89. The van der Waals surface area contributed by atoms with Crippen LogP contribution in [0.2, 0.25) is 0 Å². The van der Waals surface area contributed by atoms with E-state index in [1.807, 2.05) is 18.4 Å². The molecule has 0 saturated heterocycles. The Morgan fingerprint density at radius 2 is 2.26 bits per heavy atom. The Hall–Kier alpha value is -2.52. The summed E-state index contributed by atoms with van der Waals surface area (Å²) in [5.41, 5.74) is 2.39. The molecular formula is C13H8N4OS. The molecule has 0 unspecified atom stereocenters. The number of pyridine rings is 1. The van der Waals surface area contributed by atoms with Crippen molar-refractivity contribution in [3.8, 4) is 28.2 Å². The van der Waals surface area contributed by atoms with Gasteiger partial charge < -0.3 is 4.52 Å². The molecule has 0 aliphatic carbocycles. The number of aryl methyl sites for hydroxylation is 1.